The van der Waals surface area contributed by atoms with Crippen molar-refractivity contribution in [2.24, 2.45) is 0 Å². The minimum atomic E-state index is 0.0626. The minimum Gasteiger partial charge on any atom is -0.226 e. The lowest BCUT2D eigenvalue weighted by atomic mass is 10.1. The van der Waals surface area contributed by atoms with Crippen LogP contribution in [0.2, 0.25) is 0 Å². The van der Waals surface area contributed by atoms with Gasteiger partial charge in [-0.05, 0) is 43.4 Å². The van der Waals surface area contributed by atoms with Gasteiger partial charge in [-0.2, -0.15) is 5.12 Å². The summed E-state index contributed by atoms with van der Waals surface area (Å²) in [6.07, 6.45) is 5.10. The third-order valence-electron chi connectivity index (χ3n) is 5.22. The molecule has 2 heterocycles. The number of benzene rings is 2. The summed E-state index contributed by atoms with van der Waals surface area (Å²) in [7, 11) is 0. The van der Waals surface area contributed by atoms with Crippen LogP contribution in [-0.4, -0.2) is 41.3 Å². The number of hydrogen-bond acceptors (Lipinski definition) is 3. The number of nitrogens with zero attached hydrogens (tertiary/aromatic N) is 3. The molecule has 4 rings (SSSR count). The molecule has 0 spiro atoms. The van der Waals surface area contributed by atoms with Gasteiger partial charge in [-0.3, -0.25) is 0 Å². The Hall–Kier alpha value is -2.12. The highest BCUT2D eigenvalue weighted by Gasteiger charge is 2.33. The SMILES string of the molecule is C(#CC(c1ccccc1)N(N1CCCC1)N1CCCC1)c1ccccc1. The Labute approximate surface area is 157 Å². The number of hydrogen-bond donors (Lipinski definition) is 0. The van der Waals surface area contributed by atoms with Gasteiger partial charge in [0.2, 0.25) is 0 Å². The molecule has 2 aromatic rings. The van der Waals surface area contributed by atoms with E-state index in [2.05, 4.69) is 81.6 Å². The summed E-state index contributed by atoms with van der Waals surface area (Å²) in [5.41, 5.74) is 2.35. The van der Waals surface area contributed by atoms with E-state index in [0.717, 1.165) is 31.7 Å². The fraction of sp³-hybridized carbons (Fsp3) is 0.391. The first kappa shape index (κ1) is 17.3. The van der Waals surface area contributed by atoms with Crippen LogP contribution in [0.4, 0.5) is 0 Å². The Bertz CT molecular complexity index is 719. The maximum atomic E-state index is 3.60. The molecule has 0 amide bonds. The summed E-state index contributed by atoms with van der Waals surface area (Å²) in [4.78, 5) is 0. The standard InChI is InChI=1S/C23H27N3/c1-3-11-21(12-4-1)15-16-23(22-13-5-2-6-14-22)26(24-17-7-8-18-24)25-19-9-10-20-25/h1-6,11-14,23H,7-10,17-20H2. The number of hydrazine groups is 2. The Morgan fingerprint density at radius 2 is 1.19 bits per heavy atom. The normalized spacial score (nSPS) is 19.4. The van der Waals surface area contributed by atoms with Gasteiger partial charge < -0.3 is 0 Å². The van der Waals surface area contributed by atoms with Crippen LogP contribution in [0.15, 0.2) is 60.7 Å². The molecule has 2 aromatic carbocycles. The highest BCUT2D eigenvalue weighted by atomic mass is 15.9. The fourth-order valence-electron chi connectivity index (χ4n) is 3.90. The Morgan fingerprint density at radius 3 is 1.73 bits per heavy atom. The summed E-state index contributed by atoms with van der Waals surface area (Å²) in [5, 5.41) is 7.51. The average molecular weight is 345 g/mol. The Balaban J connectivity index is 1.71. The first-order chi connectivity index (χ1) is 12.9. The molecule has 2 aliphatic rings. The van der Waals surface area contributed by atoms with Crippen molar-refractivity contribution in [2.75, 3.05) is 26.2 Å². The molecule has 0 saturated carbocycles. The zero-order valence-corrected chi connectivity index (χ0v) is 15.3. The first-order valence-electron chi connectivity index (χ1n) is 9.82. The van der Waals surface area contributed by atoms with E-state index in [1.165, 1.54) is 31.2 Å². The molecule has 3 nitrogen and oxygen atoms in total. The number of rotatable bonds is 4. The van der Waals surface area contributed by atoms with Crippen LogP contribution in [0.3, 0.4) is 0 Å². The summed E-state index contributed by atoms with van der Waals surface area (Å²) < 4.78 is 0. The van der Waals surface area contributed by atoms with Crippen molar-refractivity contribution >= 4 is 0 Å². The van der Waals surface area contributed by atoms with Crippen LogP contribution < -0.4 is 0 Å². The predicted octanol–water partition coefficient (Wildman–Crippen LogP) is 4.10. The highest BCUT2D eigenvalue weighted by molar-refractivity contribution is 5.37. The molecule has 2 saturated heterocycles. The van der Waals surface area contributed by atoms with Crippen LogP contribution in [0.1, 0.15) is 42.9 Å². The molecular formula is C23H27N3. The smallest absolute Gasteiger partial charge is 0.126 e. The summed E-state index contributed by atoms with van der Waals surface area (Å²) >= 11 is 0. The average Bonchev–Trinajstić information content (AvgIpc) is 3.41. The highest BCUT2D eigenvalue weighted by Crippen LogP contribution is 2.29. The topological polar surface area (TPSA) is 9.72 Å². The van der Waals surface area contributed by atoms with Gasteiger partial charge in [-0.15, -0.1) is 0 Å². The molecule has 1 atom stereocenters. The van der Waals surface area contributed by atoms with E-state index in [9.17, 15) is 0 Å². The van der Waals surface area contributed by atoms with E-state index in [1.807, 2.05) is 6.07 Å². The Kier molecular flexibility index (Phi) is 5.66. The van der Waals surface area contributed by atoms with E-state index >= 15 is 0 Å². The van der Waals surface area contributed by atoms with Gasteiger partial charge in [0.1, 0.15) is 6.04 Å². The van der Waals surface area contributed by atoms with Gasteiger partial charge in [-0.25, -0.2) is 10.0 Å². The maximum Gasteiger partial charge on any atom is 0.126 e. The van der Waals surface area contributed by atoms with E-state index < -0.39 is 0 Å². The van der Waals surface area contributed by atoms with Gasteiger partial charge in [0, 0.05) is 31.7 Å². The maximum absolute atomic E-state index is 3.60. The van der Waals surface area contributed by atoms with Crippen LogP contribution in [0.5, 0.6) is 0 Å². The molecule has 0 N–H and O–H groups in total. The van der Waals surface area contributed by atoms with Crippen molar-refractivity contribution < 1.29 is 0 Å². The molecule has 0 radical (unpaired) electrons. The van der Waals surface area contributed by atoms with E-state index in [1.54, 1.807) is 0 Å². The first-order valence-corrected chi connectivity index (χ1v) is 9.82. The molecule has 3 heteroatoms. The lowest BCUT2D eigenvalue weighted by molar-refractivity contribution is -0.183. The molecule has 0 aliphatic carbocycles. The lowest BCUT2D eigenvalue weighted by Crippen LogP contribution is -2.52. The van der Waals surface area contributed by atoms with Gasteiger partial charge >= 0.3 is 0 Å². The van der Waals surface area contributed by atoms with Gasteiger partial charge in [0.15, 0.2) is 0 Å². The van der Waals surface area contributed by atoms with Crippen molar-refractivity contribution in [3.63, 3.8) is 0 Å². The third kappa shape index (κ3) is 3.99. The second-order valence-corrected chi connectivity index (χ2v) is 7.09. The fourth-order valence-corrected chi connectivity index (χ4v) is 3.90. The molecular weight excluding hydrogens is 318 g/mol. The largest absolute Gasteiger partial charge is 0.226 e. The van der Waals surface area contributed by atoms with E-state index in [-0.39, 0.29) is 6.04 Å². The second kappa shape index (κ2) is 8.51. The molecule has 0 aromatic heterocycles. The summed E-state index contributed by atoms with van der Waals surface area (Å²) in [6, 6.07) is 21.1. The van der Waals surface area contributed by atoms with Crippen LogP contribution in [-0.2, 0) is 0 Å². The van der Waals surface area contributed by atoms with Crippen LogP contribution in [0.25, 0.3) is 0 Å². The van der Waals surface area contributed by atoms with Gasteiger partial charge in [0.05, 0.1) is 0 Å². The van der Waals surface area contributed by atoms with E-state index in [4.69, 9.17) is 0 Å². The van der Waals surface area contributed by atoms with Crippen LogP contribution >= 0.6 is 0 Å². The monoisotopic (exact) mass is 345 g/mol. The van der Waals surface area contributed by atoms with E-state index in [0.29, 0.717) is 0 Å². The quantitative estimate of drug-likeness (QED) is 0.773. The second-order valence-electron chi connectivity index (χ2n) is 7.09. The van der Waals surface area contributed by atoms with Crippen molar-refractivity contribution in [3.8, 4) is 11.8 Å². The van der Waals surface area contributed by atoms with Crippen molar-refractivity contribution in [3.05, 3.63) is 71.8 Å². The van der Waals surface area contributed by atoms with Crippen molar-refractivity contribution in [1.82, 2.24) is 15.1 Å². The molecule has 1 unspecified atom stereocenters. The van der Waals surface area contributed by atoms with Gasteiger partial charge in [0.25, 0.3) is 0 Å². The van der Waals surface area contributed by atoms with Crippen molar-refractivity contribution in [1.29, 1.82) is 0 Å². The molecule has 26 heavy (non-hydrogen) atoms. The molecule has 2 aliphatic heterocycles. The minimum absolute atomic E-state index is 0.0626. The molecule has 0 bridgehead atoms. The third-order valence-corrected chi connectivity index (χ3v) is 5.22. The van der Waals surface area contributed by atoms with Gasteiger partial charge in [-0.1, -0.05) is 60.4 Å². The predicted molar refractivity (Wildman–Crippen MR) is 106 cm³/mol. The van der Waals surface area contributed by atoms with Crippen LogP contribution in [0, 0.1) is 11.8 Å². The summed E-state index contributed by atoms with van der Waals surface area (Å²) in [5.74, 6) is 7.02. The van der Waals surface area contributed by atoms with Crippen molar-refractivity contribution in [2.45, 2.75) is 31.7 Å². The molecule has 134 valence electrons. The zero-order chi connectivity index (χ0) is 17.6. The molecule has 2 fully saturated rings. The Morgan fingerprint density at radius 1 is 0.692 bits per heavy atom. The summed E-state index contributed by atoms with van der Waals surface area (Å²) in [6.45, 7) is 4.53. The zero-order valence-electron chi connectivity index (χ0n) is 15.3. The lowest BCUT2D eigenvalue weighted by Gasteiger charge is -2.42.